The predicted octanol–water partition coefficient (Wildman–Crippen LogP) is 1.53. The Bertz CT molecular complexity index is 358. The molecule has 3 rings (SSSR count). The molecule has 0 bridgehead atoms. The Morgan fingerprint density at radius 3 is 2.84 bits per heavy atom. The van der Waals surface area contributed by atoms with Crippen LogP contribution in [0.3, 0.4) is 0 Å². The van der Waals surface area contributed by atoms with Gasteiger partial charge < -0.3 is 15.4 Å². The van der Waals surface area contributed by atoms with Gasteiger partial charge in [-0.05, 0) is 37.5 Å². The van der Waals surface area contributed by atoms with Gasteiger partial charge in [-0.2, -0.15) is 0 Å². The monoisotopic (exact) mass is 266 g/mol. The fourth-order valence-electron chi connectivity index (χ4n) is 4.20. The smallest absolute Gasteiger partial charge is 0.223 e. The van der Waals surface area contributed by atoms with E-state index in [2.05, 4.69) is 18.7 Å². The van der Waals surface area contributed by atoms with E-state index < -0.39 is 0 Å². The molecule has 19 heavy (non-hydrogen) atoms. The number of hydrogen-bond donors (Lipinski definition) is 1. The van der Waals surface area contributed by atoms with Gasteiger partial charge >= 0.3 is 0 Å². The summed E-state index contributed by atoms with van der Waals surface area (Å²) in [6.45, 7) is 5.08. The molecule has 1 amide bonds. The molecule has 2 N–H and O–H groups in total. The Morgan fingerprint density at radius 1 is 1.32 bits per heavy atom. The van der Waals surface area contributed by atoms with Crippen molar-refractivity contribution < 1.29 is 9.53 Å². The third-order valence-corrected chi connectivity index (χ3v) is 5.24. The maximum atomic E-state index is 12.4. The minimum absolute atomic E-state index is 0.220. The van der Waals surface area contributed by atoms with E-state index in [4.69, 9.17) is 10.5 Å². The van der Waals surface area contributed by atoms with E-state index in [1.807, 2.05) is 0 Å². The number of hydrogen-bond acceptors (Lipinski definition) is 3. The first-order chi connectivity index (χ1) is 9.08. The molecule has 4 nitrogen and oxygen atoms in total. The molecule has 3 aliphatic rings. The van der Waals surface area contributed by atoms with Gasteiger partial charge in [0.1, 0.15) is 0 Å². The molecule has 0 aromatic rings. The number of carbonyl (C=O) groups excluding carboxylic acids is 1. The molecule has 2 heterocycles. The average molecular weight is 266 g/mol. The van der Waals surface area contributed by atoms with Gasteiger partial charge in [0.15, 0.2) is 0 Å². The number of rotatable bonds is 1. The van der Waals surface area contributed by atoms with E-state index >= 15 is 0 Å². The SMILES string of the molecule is CC(C)[C@H]1CO[C@@H]2CCC(N)C[C@H]3CCC(=O)N1C32. The highest BCUT2D eigenvalue weighted by molar-refractivity contribution is 5.78. The summed E-state index contributed by atoms with van der Waals surface area (Å²) < 4.78 is 6.12. The van der Waals surface area contributed by atoms with Crippen LogP contribution in [0.1, 0.15) is 46.0 Å². The average Bonchev–Trinajstić information content (AvgIpc) is 2.54. The molecular formula is C15H26N2O2. The number of amides is 1. The van der Waals surface area contributed by atoms with Crippen LogP contribution >= 0.6 is 0 Å². The molecule has 0 aromatic carbocycles. The topological polar surface area (TPSA) is 55.6 Å². The van der Waals surface area contributed by atoms with Crippen LogP contribution in [0, 0.1) is 11.8 Å². The Morgan fingerprint density at radius 2 is 2.11 bits per heavy atom. The van der Waals surface area contributed by atoms with E-state index in [1.54, 1.807) is 0 Å². The third-order valence-electron chi connectivity index (χ3n) is 5.24. The summed E-state index contributed by atoms with van der Waals surface area (Å²) in [6, 6.07) is 0.827. The van der Waals surface area contributed by atoms with E-state index in [0.717, 1.165) is 25.7 Å². The molecule has 1 saturated carbocycles. The lowest BCUT2D eigenvalue weighted by molar-refractivity contribution is -0.173. The van der Waals surface area contributed by atoms with Crippen molar-refractivity contribution in [2.45, 2.75) is 70.2 Å². The maximum absolute atomic E-state index is 12.4. The summed E-state index contributed by atoms with van der Waals surface area (Å²) in [5.41, 5.74) is 6.19. The van der Waals surface area contributed by atoms with Gasteiger partial charge in [-0.1, -0.05) is 13.8 Å². The number of morpholine rings is 1. The molecule has 2 aliphatic heterocycles. The van der Waals surface area contributed by atoms with Crippen LogP contribution in [-0.2, 0) is 9.53 Å². The first kappa shape index (κ1) is 13.4. The van der Waals surface area contributed by atoms with Crippen LogP contribution in [-0.4, -0.2) is 41.6 Å². The van der Waals surface area contributed by atoms with Gasteiger partial charge in [0.2, 0.25) is 5.91 Å². The molecule has 3 fully saturated rings. The van der Waals surface area contributed by atoms with Crippen LogP contribution in [0.2, 0.25) is 0 Å². The second-order valence-corrected chi connectivity index (χ2v) is 6.85. The van der Waals surface area contributed by atoms with Crippen LogP contribution in [0.5, 0.6) is 0 Å². The zero-order chi connectivity index (χ0) is 13.6. The van der Waals surface area contributed by atoms with Crippen molar-refractivity contribution in [2.75, 3.05) is 6.61 Å². The lowest BCUT2D eigenvalue weighted by Crippen LogP contribution is -2.64. The summed E-state index contributed by atoms with van der Waals surface area (Å²) in [6.07, 6.45) is 5.02. The van der Waals surface area contributed by atoms with Crippen molar-refractivity contribution in [2.24, 2.45) is 17.6 Å². The largest absolute Gasteiger partial charge is 0.374 e. The molecule has 1 aliphatic carbocycles. The Balaban J connectivity index is 1.91. The summed E-state index contributed by atoms with van der Waals surface area (Å²) in [5, 5.41) is 0. The molecular weight excluding hydrogens is 240 g/mol. The van der Waals surface area contributed by atoms with Crippen LogP contribution < -0.4 is 5.73 Å². The third kappa shape index (κ3) is 2.29. The number of carbonyl (C=O) groups is 1. The molecule has 0 spiro atoms. The zero-order valence-electron chi connectivity index (χ0n) is 12.0. The number of nitrogens with zero attached hydrogens (tertiary/aromatic N) is 1. The highest BCUT2D eigenvalue weighted by Crippen LogP contribution is 2.40. The molecule has 0 radical (unpaired) electrons. The van der Waals surface area contributed by atoms with Crippen LogP contribution in [0.4, 0.5) is 0 Å². The summed E-state index contributed by atoms with van der Waals surface area (Å²) in [4.78, 5) is 14.6. The fraction of sp³-hybridized carbons (Fsp3) is 0.933. The second-order valence-electron chi connectivity index (χ2n) is 6.85. The van der Waals surface area contributed by atoms with Crippen molar-refractivity contribution in [3.05, 3.63) is 0 Å². The van der Waals surface area contributed by atoms with Crippen molar-refractivity contribution in [1.82, 2.24) is 4.90 Å². The van der Waals surface area contributed by atoms with Crippen LogP contribution in [0.25, 0.3) is 0 Å². The number of nitrogens with two attached hydrogens (primary N) is 1. The van der Waals surface area contributed by atoms with E-state index in [9.17, 15) is 4.79 Å². The van der Waals surface area contributed by atoms with Gasteiger partial charge in [-0.25, -0.2) is 0 Å². The highest BCUT2D eigenvalue weighted by Gasteiger charge is 2.49. The Labute approximate surface area is 115 Å². The molecule has 5 atom stereocenters. The second kappa shape index (κ2) is 5.06. The number of piperidine rings is 1. The highest BCUT2D eigenvalue weighted by atomic mass is 16.5. The van der Waals surface area contributed by atoms with Gasteiger partial charge in [-0.3, -0.25) is 4.79 Å². The lowest BCUT2D eigenvalue weighted by atomic mass is 9.80. The van der Waals surface area contributed by atoms with Gasteiger partial charge in [0.25, 0.3) is 0 Å². The lowest BCUT2D eigenvalue weighted by Gasteiger charge is -2.52. The Hall–Kier alpha value is -0.610. The first-order valence-corrected chi connectivity index (χ1v) is 7.76. The van der Waals surface area contributed by atoms with E-state index in [1.165, 1.54) is 0 Å². The minimum atomic E-state index is 0.220. The summed E-state index contributed by atoms with van der Waals surface area (Å²) >= 11 is 0. The van der Waals surface area contributed by atoms with Gasteiger partial charge in [0.05, 0.1) is 24.8 Å². The van der Waals surface area contributed by atoms with Gasteiger partial charge in [-0.15, -0.1) is 0 Å². The van der Waals surface area contributed by atoms with Crippen molar-refractivity contribution in [3.63, 3.8) is 0 Å². The standard InChI is InChI=1S/C15H26N2O2/c1-9(2)12-8-19-13-5-4-11(16)7-10-3-6-14(18)17(12)15(10)13/h9-13,15H,3-8,16H2,1-2H3/t10-,11?,12-,13-,15?/m1/s1. The van der Waals surface area contributed by atoms with Gasteiger partial charge in [0, 0.05) is 12.5 Å². The Kier molecular flexibility index (Phi) is 3.56. The van der Waals surface area contributed by atoms with Crippen LogP contribution in [0.15, 0.2) is 0 Å². The summed E-state index contributed by atoms with van der Waals surface area (Å²) in [7, 11) is 0. The zero-order valence-corrected chi connectivity index (χ0v) is 12.0. The fourth-order valence-corrected chi connectivity index (χ4v) is 4.20. The molecule has 2 saturated heterocycles. The summed E-state index contributed by atoms with van der Waals surface area (Å²) in [5.74, 6) is 1.34. The first-order valence-electron chi connectivity index (χ1n) is 7.76. The molecule has 108 valence electrons. The maximum Gasteiger partial charge on any atom is 0.223 e. The van der Waals surface area contributed by atoms with Crippen molar-refractivity contribution in [3.8, 4) is 0 Å². The predicted molar refractivity (Wildman–Crippen MR) is 73.6 cm³/mol. The minimum Gasteiger partial charge on any atom is -0.374 e. The molecule has 2 unspecified atom stereocenters. The van der Waals surface area contributed by atoms with E-state index in [-0.39, 0.29) is 24.2 Å². The normalized spacial score (nSPS) is 43.1. The van der Waals surface area contributed by atoms with E-state index in [0.29, 0.717) is 30.8 Å². The van der Waals surface area contributed by atoms with Crippen molar-refractivity contribution >= 4 is 5.91 Å². The molecule has 0 aromatic heterocycles. The quantitative estimate of drug-likeness (QED) is 0.783. The van der Waals surface area contributed by atoms with Crippen molar-refractivity contribution in [1.29, 1.82) is 0 Å². The number of ether oxygens (including phenoxy) is 1. The molecule has 4 heteroatoms.